The third-order valence-corrected chi connectivity index (χ3v) is 2.62. The number of hydrogen-bond donors (Lipinski definition) is 1. The number of benzene rings is 1. The van der Waals surface area contributed by atoms with Gasteiger partial charge in [-0.3, -0.25) is 0 Å². The Kier molecular flexibility index (Phi) is 2.82. The molecule has 0 radical (unpaired) electrons. The molecule has 1 aromatic carbocycles. The van der Waals surface area contributed by atoms with Gasteiger partial charge in [-0.1, -0.05) is 18.2 Å². The molecule has 1 aliphatic rings. The summed E-state index contributed by atoms with van der Waals surface area (Å²) >= 11 is 0. The molecule has 3 nitrogen and oxygen atoms in total. The quantitative estimate of drug-likeness (QED) is 0.730. The maximum absolute atomic E-state index is 5.09. The fourth-order valence-electron chi connectivity index (χ4n) is 1.77. The van der Waals surface area contributed by atoms with E-state index in [1.807, 2.05) is 12.1 Å². The third kappa shape index (κ3) is 1.95. The molecule has 1 heterocycles. The van der Waals surface area contributed by atoms with E-state index >= 15 is 0 Å². The highest BCUT2D eigenvalue weighted by atomic mass is 16.7. The van der Waals surface area contributed by atoms with Crippen molar-refractivity contribution in [1.82, 2.24) is 10.4 Å². The van der Waals surface area contributed by atoms with E-state index in [-0.39, 0.29) is 0 Å². The van der Waals surface area contributed by atoms with Gasteiger partial charge >= 0.3 is 0 Å². The summed E-state index contributed by atoms with van der Waals surface area (Å²) in [5, 5.41) is 5.16. The summed E-state index contributed by atoms with van der Waals surface area (Å²) in [6.45, 7) is 2.85. The average molecular weight is 192 g/mol. The van der Waals surface area contributed by atoms with Crippen LogP contribution in [0.2, 0.25) is 0 Å². The molecule has 76 valence electrons. The summed E-state index contributed by atoms with van der Waals surface area (Å²) in [6.07, 6.45) is 0. The lowest BCUT2D eigenvalue weighted by Gasteiger charge is -2.13. The van der Waals surface area contributed by atoms with Gasteiger partial charge in [-0.25, -0.2) is 0 Å². The fraction of sp³-hybridized carbons (Fsp3) is 0.455. The van der Waals surface area contributed by atoms with Crippen LogP contribution < -0.4 is 5.32 Å². The van der Waals surface area contributed by atoms with Crippen molar-refractivity contribution in [3.05, 3.63) is 34.9 Å². The van der Waals surface area contributed by atoms with Crippen LogP contribution in [0.15, 0.2) is 18.2 Å². The zero-order chi connectivity index (χ0) is 9.97. The topological polar surface area (TPSA) is 24.5 Å². The Labute approximate surface area is 84.6 Å². The molecule has 3 heteroatoms. The van der Waals surface area contributed by atoms with Gasteiger partial charge < -0.3 is 10.2 Å². The van der Waals surface area contributed by atoms with Gasteiger partial charge in [-0.05, 0) is 16.7 Å². The molecule has 1 N–H and O–H groups in total. The summed E-state index contributed by atoms with van der Waals surface area (Å²) in [5.41, 5.74) is 4.15. The second-order valence-corrected chi connectivity index (χ2v) is 3.68. The van der Waals surface area contributed by atoms with Gasteiger partial charge in [0, 0.05) is 26.7 Å². The van der Waals surface area contributed by atoms with Gasteiger partial charge in [0.1, 0.15) is 0 Å². The Hall–Kier alpha value is -0.900. The van der Waals surface area contributed by atoms with Crippen molar-refractivity contribution in [3.8, 4) is 0 Å². The summed E-state index contributed by atoms with van der Waals surface area (Å²) < 4.78 is 0. The molecule has 0 fully saturated rings. The van der Waals surface area contributed by atoms with Gasteiger partial charge in [0.05, 0.1) is 7.11 Å². The lowest BCUT2D eigenvalue weighted by molar-refractivity contribution is -0.116. The predicted molar refractivity (Wildman–Crippen MR) is 55.5 cm³/mol. The van der Waals surface area contributed by atoms with Crippen LogP contribution in [0.3, 0.4) is 0 Å². The van der Waals surface area contributed by atoms with Crippen molar-refractivity contribution in [2.45, 2.75) is 19.6 Å². The lowest BCUT2D eigenvalue weighted by atomic mass is 10.1. The van der Waals surface area contributed by atoms with Crippen LogP contribution in [0.25, 0.3) is 0 Å². The van der Waals surface area contributed by atoms with Crippen LogP contribution in [0.1, 0.15) is 16.7 Å². The molecule has 14 heavy (non-hydrogen) atoms. The van der Waals surface area contributed by atoms with E-state index in [0.717, 1.165) is 19.6 Å². The van der Waals surface area contributed by atoms with E-state index in [2.05, 4.69) is 23.5 Å². The Morgan fingerprint density at radius 3 is 2.93 bits per heavy atom. The lowest BCUT2D eigenvalue weighted by Crippen LogP contribution is -2.15. The van der Waals surface area contributed by atoms with E-state index in [0.29, 0.717) is 0 Å². The molecule has 2 rings (SSSR count). The van der Waals surface area contributed by atoms with E-state index in [1.165, 1.54) is 16.7 Å². The molecular weight excluding hydrogens is 176 g/mol. The molecule has 0 spiro atoms. The second-order valence-electron chi connectivity index (χ2n) is 3.68. The molecule has 0 amide bonds. The maximum atomic E-state index is 5.09. The van der Waals surface area contributed by atoms with Crippen LogP contribution in [0.5, 0.6) is 0 Å². The first-order chi connectivity index (χ1) is 6.79. The highest BCUT2D eigenvalue weighted by Crippen LogP contribution is 2.17. The molecular formula is C11H16N2O. The number of nitrogens with one attached hydrogen (secondary N) is 1. The van der Waals surface area contributed by atoms with E-state index < -0.39 is 0 Å². The molecule has 0 atom stereocenters. The first-order valence-electron chi connectivity index (χ1n) is 4.86. The van der Waals surface area contributed by atoms with Crippen molar-refractivity contribution in [2.24, 2.45) is 0 Å². The first-order valence-corrected chi connectivity index (χ1v) is 4.86. The molecule has 0 bridgehead atoms. The molecule has 0 aliphatic carbocycles. The minimum atomic E-state index is 0.837. The fourth-order valence-corrected chi connectivity index (χ4v) is 1.77. The van der Waals surface area contributed by atoms with E-state index in [1.54, 1.807) is 7.11 Å². The molecule has 0 saturated heterocycles. The first kappa shape index (κ1) is 9.65. The maximum Gasteiger partial charge on any atom is 0.0575 e. The Morgan fingerprint density at radius 1 is 1.36 bits per heavy atom. The Balaban J connectivity index is 2.12. The van der Waals surface area contributed by atoms with Crippen LogP contribution in [-0.2, 0) is 24.5 Å². The van der Waals surface area contributed by atoms with Gasteiger partial charge in [-0.15, -0.1) is 0 Å². The summed E-state index contributed by atoms with van der Waals surface area (Å²) in [6, 6.07) is 6.63. The highest BCUT2D eigenvalue weighted by molar-refractivity contribution is 5.34. The molecule has 1 aliphatic heterocycles. The number of nitrogens with zero attached hydrogens (tertiary/aromatic N) is 1. The van der Waals surface area contributed by atoms with Crippen molar-refractivity contribution < 1.29 is 4.84 Å². The SMILES string of the molecule is CON(C)Cc1ccc2c(c1)CNC2. The van der Waals surface area contributed by atoms with E-state index in [4.69, 9.17) is 4.84 Å². The third-order valence-electron chi connectivity index (χ3n) is 2.62. The largest absolute Gasteiger partial charge is 0.309 e. The van der Waals surface area contributed by atoms with Crippen molar-refractivity contribution in [2.75, 3.05) is 14.2 Å². The normalized spacial score (nSPS) is 14.8. The Morgan fingerprint density at radius 2 is 2.14 bits per heavy atom. The van der Waals surface area contributed by atoms with E-state index in [9.17, 15) is 0 Å². The second kappa shape index (κ2) is 4.09. The Bertz CT molecular complexity index is 325. The molecule has 0 unspecified atom stereocenters. The molecule has 0 saturated carbocycles. The minimum Gasteiger partial charge on any atom is -0.309 e. The number of rotatable bonds is 3. The van der Waals surface area contributed by atoms with Gasteiger partial charge in [0.2, 0.25) is 0 Å². The van der Waals surface area contributed by atoms with Crippen molar-refractivity contribution in [1.29, 1.82) is 0 Å². The van der Waals surface area contributed by atoms with Crippen LogP contribution >= 0.6 is 0 Å². The predicted octanol–water partition coefficient (Wildman–Crippen LogP) is 1.28. The van der Waals surface area contributed by atoms with Gasteiger partial charge in [-0.2, -0.15) is 5.06 Å². The zero-order valence-electron chi connectivity index (χ0n) is 8.71. The van der Waals surface area contributed by atoms with Crippen molar-refractivity contribution in [3.63, 3.8) is 0 Å². The smallest absolute Gasteiger partial charge is 0.0575 e. The monoisotopic (exact) mass is 192 g/mol. The van der Waals surface area contributed by atoms with Crippen LogP contribution in [0.4, 0.5) is 0 Å². The summed E-state index contributed by atoms with van der Waals surface area (Å²) in [5.74, 6) is 0. The highest BCUT2D eigenvalue weighted by Gasteiger charge is 2.10. The zero-order valence-corrected chi connectivity index (χ0v) is 8.71. The number of hydrogen-bond acceptors (Lipinski definition) is 3. The van der Waals surface area contributed by atoms with Crippen LogP contribution in [0, 0.1) is 0 Å². The van der Waals surface area contributed by atoms with Gasteiger partial charge in [0.25, 0.3) is 0 Å². The molecule has 0 aromatic heterocycles. The van der Waals surface area contributed by atoms with Crippen LogP contribution in [-0.4, -0.2) is 19.2 Å². The summed E-state index contributed by atoms with van der Waals surface area (Å²) in [7, 11) is 3.63. The van der Waals surface area contributed by atoms with Gasteiger partial charge in [0.15, 0.2) is 0 Å². The van der Waals surface area contributed by atoms with Crippen molar-refractivity contribution >= 4 is 0 Å². The average Bonchev–Trinajstić information content (AvgIpc) is 2.64. The molecule has 1 aromatic rings. The standard InChI is InChI=1S/C11H16N2O/c1-13(14-2)8-9-3-4-10-6-12-7-11(10)5-9/h3-5,12H,6-8H2,1-2H3. The minimum absolute atomic E-state index is 0.837. The number of fused-ring (bicyclic) bond motifs is 1. The summed E-state index contributed by atoms with van der Waals surface area (Å²) in [4.78, 5) is 5.09. The number of hydroxylamine groups is 2.